The third kappa shape index (κ3) is 2.78. The highest BCUT2D eigenvalue weighted by molar-refractivity contribution is 8.03. The fraction of sp³-hybridized carbons (Fsp3) is 0.231. The summed E-state index contributed by atoms with van der Waals surface area (Å²) in [5, 5.41) is 0. The molecule has 0 saturated carbocycles. The molecule has 0 aliphatic carbocycles. The lowest BCUT2D eigenvalue weighted by molar-refractivity contribution is 0.961. The van der Waals surface area contributed by atoms with E-state index in [4.69, 9.17) is 0 Å². The zero-order chi connectivity index (χ0) is 9.64. The lowest BCUT2D eigenvalue weighted by Gasteiger charge is -2.07. The highest BCUT2D eigenvalue weighted by Crippen LogP contribution is 2.25. The molecule has 1 aromatic carbocycles. The summed E-state index contributed by atoms with van der Waals surface area (Å²) >= 11 is 1.96. The topological polar surface area (TPSA) is 0 Å². The van der Waals surface area contributed by atoms with Crippen molar-refractivity contribution < 1.29 is 0 Å². The minimum atomic E-state index is 1.24. The Balaban J connectivity index is 2.03. The van der Waals surface area contributed by atoms with E-state index >= 15 is 0 Å². The Kier molecular flexibility index (Phi) is 3.47. The quantitative estimate of drug-likeness (QED) is 0.695. The van der Waals surface area contributed by atoms with Gasteiger partial charge in [0.1, 0.15) is 0 Å². The lowest BCUT2D eigenvalue weighted by atomic mass is 10.2. The molecule has 0 spiro atoms. The van der Waals surface area contributed by atoms with E-state index < -0.39 is 0 Å². The molecule has 0 atom stereocenters. The van der Waals surface area contributed by atoms with Crippen LogP contribution in [0.4, 0.5) is 0 Å². The summed E-state index contributed by atoms with van der Waals surface area (Å²) < 4.78 is 0. The van der Waals surface area contributed by atoms with Crippen LogP contribution < -0.4 is 0 Å². The van der Waals surface area contributed by atoms with Crippen LogP contribution in [0.25, 0.3) is 6.08 Å². The van der Waals surface area contributed by atoms with Gasteiger partial charge in [-0.15, -0.1) is 11.8 Å². The predicted octanol–water partition coefficient (Wildman–Crippen LogP) is 4.11. The average Bonchev–Trinajstić information content (AvgIpc) is 2.29. The molecule has 0 amide bonds. The van der Waals surface area contributed by atoms with Crippen LogP contribution in [0.1, 0.15) is 18.4 Å². The molecule has 0 N–H and O–H groups in total. The minimum absolute atomic E-state index is 1.24. The van der Waals surface area contributed by atoms with E-state index in [2.05, 4.69) is 42.5 Å². The molecule has 0 unspecified atom stereocenters. The summed E-state index contributed by atoms with van der Waals surface area (Å²) in [6.45, 7) is 0. The molecule has 2 rings (SSSR count). The standard InChI is InChI=1S/C13H14S/c1-2-6-12(7-3-1)9-10-13-8-4-5-11-14-13/h1-3,6-10H,4-5,11H2/b10-9+. The molecule has 0 fully saturated rings. The van der Waals surface area contributed by atoms with Gasteiger partial charge < -0.3 is 0 Å². The maximum absolute atomic E-state index is 2.33. The maximum atomic E-state index is 2.33. The normalized spacial score (nSPS) is 17.0. The van der Waals surface area contributed by atoms with E-state index in [1.54, 1.807) is 0 Å². The van der Waals surface area contributed by atoms with E-state index in [9.17, 15) is 0 Å². The lowest BCUT2D eigenvalue weighted by Crippen LogP contribution is -1.86. The van der Waals surface area contributed by atoms with Gasteiger partial charge in [-0.05, 0) is 30.2 Å². The molecule has 1 heterocycles. The van der Waals surface area contributed by atoms with Gasteiger partial charge in [0.05, 0.1) is 0 Å². The summed E-state index contributed by atoms with van der Waals surface area (Å²) in [5.41, 5.74) is 1.28. The van der Waals surface area contributed by atoms with Gasteiger partial charge in [0.15, 0.2) is 0 Å². The third-order valence-corrected chi connectivity index (χ3v) is 3.33. The SMILES string of the molecule is C1=C(/C=C/c2ccccc2)SCCC1. The van der Waals surface area contributed by atoms with Crippen LogP contribution in [0.15, 0.2) is 47.4 Å². The molecule has 1 aliphatic heterocycles. The first-order chi connectivity index (χ1) is 6.95. The Hall–Kier alpha value is -0.950. The third-order valence-electron chi connectivity index (χ3n) is 2.20. The zero-order valence-electron chi connectivity index (χ0n) is 8.15. The first kappa shape index (κ1) is 9.60. The van der Waals surface area contributed by atoms with Crippen molar-refractivity contribution >= 4 is 17.8 Å². The largest absolute Gasteiger partial charge is 0.126 e. The Morgan fingerprint density at radius 1 is 1.07 bits per heavy atom. The second-order valence-corrected chi connectivity index (χ2v) is 4.51. The highest BCUT2D eigenvalue weighted by Gasteiger charge is 1.99. The molecule has 0 nitrogen and oxygen atoms in total. The van der Waals surface area contributed by atoms with Gasteiger partial charge in [0.25, 0.3) is 0 Å². The van der Waals surface area contributed by atoms with Gasteiger partial charge in [-0.1, -0.05) is 42.5 Å². The van der Waals surface area contributed by atoms with Crippen LogP contribution in [0.5, 0.6) is 0 Å². The van der Waals surface area contributed by atoms with Gasteiger partial charge in [-0.3, -0.25) is 0 Å². The monoisotopic (exact) mass is 202 g/mol. The molecule has 0 radical (unpaired) electrons. The Bertz CT molecular complexity index is 336. The van der Waals surface area contributed by atoms with Crippen LogP contribution in [-0.4, -0.2) is 5.75 Å². The molecular weight excluding hydrogens is 188 g/mol. The molecule has 1 heteroatoms. The van der Waals surface area contributed by atoms with Gasteiger partial charge in [0.2, 0.25) is 0 Å². The van der Waals surface area contributed by atoms with Crippen LogP contribution in [0.3, 0.4) is 0 Å². The number of rotatable bonds is 2. The molecule has 0 bridgehead atoms. The maximum Gasteiger partial charge on any atom is 0.00322 e. The summed E-state index contributed by atoms with van der Waals surface area (Å²) in [4.78, 5) is 1.42. The summed E-state index contributed by atoms with van der Waals surface area (Å²) in [5.74, 6) is 1.27. The van der Waals surface area contributed by atoms with Crippen LogP contribution >= 0.6 is 11.8 Å². The van der Waals surface area contributed by atoms with E-state index in [1.807, 2.05) is 17.8 Å². The van der Waals surface area contributed by atoms with Crippen molar-refractivity contribution in [3.63, 3.8) is 0 Å². The first-order valence-electron chi connectivity index (χ1n) is 5.01. The van der Waals surface area contributed by atoms with Crippen molar-refractivity contribution in [3.8, 4) is 0 Å². The molecule has 0 aromatic heterocycles. The molecule has 1 aromatic rings. The average molecular weight is 202 g/mol. The van der Waals surface area contributed by atoms with Crippen LogP contribution in [-0.2, 0) is 0 Å². The van der Waals surface area contributed by atoms with Gasteiger partial charge in [-0.2, -0.15) is 0 Å². The van der Waals surface area contributed by atoms with Crippen molar-refractivity contribution in [2.75, 3.05) is 5.75 Å². The zero-order valence-corrected chi connectivity index (χ0v) is 8.96. The van der Waals surface area contributed by atoms with Crippen molar-refractivity contribution in [1.29, 1.82) is 0 Å². The fourth-order valence-corrected chi connectivity index (χ4v) is 2.38. The van der Waals surface area contributed by atoms with E-state index in [1.165, 1.54) is 29.1 Å². The van der Waals surface area contributed by atoms with E-state index in [0.717, 1.165) is 0 Å². The summed E-state index contributed by atoms with van der Waals surface area (Å²) in [6.07, 6.45) is 9.30. The second-order valence-electron chi connectivity index (χ2n) is 3.34. The molecule has 1 aliphatic rings. The van der Waals surface area contributed by atoms with Gasteiger partial charge in [0, 0.05) is 4.91 Å². The fourth-order valence-electron chi connectivity index (χ4n) is 1.44. The molecule has 0 saturated heterocycles. The van der Waals surface area contributed by atoms with Crippen molar-refractivity contribution in [3.05, 3.63) is 53.0 Å². The first-order valence-corrected chi connectivity index (χ1v) is 6.00. The van der Waals surface area contributed by atoms with Crippen molar-refractivity contribution in [2.45, 2.75) is 12.8 Å². The van der Waals surface area contributed by atoms with Crippen LogP contribution in [0.2, 0.25) is 0 Å². The second kappa shape index (κ2) is 5.06. The minimum Gasteiger partial charge on any atom is -0.126 e. The summed E-state index contributed by atoms with van der Waals surface area (Å²) in [7, 11) is 0. The Morgan fingerprint density at radius 2 is 1.93 bits per heavy atom. The number of hydrogen-bond acceptors (Lipinski definition) is 1. The summed E-state index contributed by atoms with van der Waals surface area (Å²) in [6, 6.07) is 10.4. The predicted molar refractivity (Wildman–Crippen MR) is 65.3 cm³/mol. The van der Waals surface area contributed by atoms with Crippen molar-refractivity contribution in [2.24, 2.45) is 0 Å². The van der Waals surface area contributed by atoms with Gasteiger partial charge >= 0.3 is 0 Å². The highest BCUT2D eigenvalue weighted by atomic mass is 32.2. The molecule has 14 heavy (non-hydrogen) atoms. The molecular formula is C13H14S. The Morgan fingerprint density at radius 3 is 2.64 bits per heavy atom. The van der Waals surface area contributed by atoms with E-state index in [-0.39, 0.29) is 0 Å². The van der Waals surface area contributed by atoms with Gasteiger partial charge in [-0.25, -0.2) is 0 Å². The number of benzene rings is 1. The number of thioether (sulfide) groups is 1. The number of allylic oxidation sites excluding steroid dienone is 2. The molecule has 72 valence electrons. The Labute approximate surface area is 89.7 Å². The van der Waals surface area contributed by atoms with Crippen LogP contribution in [0, 0.1) is 0 Å². The van der Waals surface area contributed by atoms with Crippen molar-refractivity contribution in [1.82, 2.24) is 0 Å². The van der Waals surface area contributed by atoms with E-state index in [0.29, 0.717) is 0 Å². The number of hydrogen-bond donors (Lipinski definition) is 0. The smallest absolute Gasteiger partial charge is 0.00322 e.